The Balaban J connectivity index is 2.27. The van der Waals surface area contributed by atoms with Gasteiger partial charge >= 0.3 is 0 Å². The lowest BCUT2D eigenvalue weighted by Crippen LogP contribution is -2.23. The van der Waals surface area contributed by atoms with Gasteiger partial charge in [-0.1, -0.05) is 60.7 Å². The Labute approximate surface area is 133 Å². The molecule has 0 aromatic heterocycles. The number of hydrogen-bond acceptors (Lipinski definition) is 0. The summed E-state index contributed by atoms with van der Waals surface area (Å²) < 4.78 is 27.6. The molecule has 3 aromatic carbocycles. The van der Waals surface area contributed by atoms with Crippen molar-refractivity contribution in [2.24, 2.45) is 0 Å². The smallest absolute Gasteiger partial charge is 0.128 e. The highest BCUT2D eigenvalue weighted by Crippen LogP contribution is 2.43. The average molecular weight is 315 g/mol. The second-order valence-electron chi connectivity index (χ2n) is 5.01. The summed E-state index contributed by atoms with van der Waals surface area (Å²) in [6, 6.07) is 21.4. The Hall–Kier alpha value is -2.19. The van der Waals surface area contributed by atoms with E-state index in [0.29, 0.717) is 11.1 Å². The third-order valence-electron chi connectivity index (χ3n) is 3.66. The first-order valence-electron chi connectivity index (χ1n) is 6.88. The lowest BCUT2D eigenvalue weighted by Gasteiger charge is -2.29. The van der Waals surface area contributed by atoms with Crippen LogP contribution in [0, 0.1) is 11.6 Å². The third kappa shape index (κ3) is 2.51. The highest BCUT2D eigenvalue weighted by molar-refractivity contribution is 6.28. The van der Waals surface area contributed by atoms with E-state index < -0.39 is 10.7 Å². The summed E-state index contributed by atoms with van der Waals surface area (Å²) in [6.45, 7) is 0. The molecule has 22 heavy (non-hydrogen) atoms. The maximum Gasteiger partial charge on any atom is 0.128 e. The highest BCUT2D eigenvalue weighted by Gasteiger charge is 2.36. The van der Waals surface area contributed by atoms with Crippen molar-refractivity contribution in [3.63, 3.8) is 0 Å². The zero-order chi connectivity index (χ0) is 15.6. The molecule has 3 heteroatoms. The van der Waals surface area contributed by atoms with Gasteiger partial charge in [-0.15, -0.1) is 11.6 Å². The normalized spacial score (nSPS) is 13.6. The molecule has 0 heterocycles. The maximum absolute atomic E-state index is 14.4. The van der Waals surface area contributed by atoms with E-state index in [1.165, 1.54) is 18.2 Å². The number of halogens is 3. The lowest BCUT2D eigenvalue weighted by atomic mass is 9.84. The highest BCUT2D eigenvalue weighted by atomic mass is 35.5. The molecule has 1 atom stereocenters. The van der Waals surface area contributed by atoms with E-state index in [0.717, 1.165) is 5.56 Å². The fourth-order valence-electron chi connectivity index (χ4n) is 2.57. The van der Waals surface area contributed by atoms with Crippen LogP contribution < -0.4 is 0 Å². The lowest BCUT2D eigenvalue weighted by molar-refractivity contribution is 0.597. The summed E-state index contributed by atoms with van der Waals surface area (Å²) in [4.78, 5) is -1.21. The largest absolute Gasteiger partial charge is 0.207 e. The van der Waals surface area contributed by atoms with Crippen LogP contribution in [0.2, 0.25) is 0 Å². The SMILES string of the molecule is Fc1ccc([C@@](Cl)(c2ccccc2)c2ccccc2F)cc1. The zero-order valence-electron chi connectivity index (χ0n) is 11.6. The van der Waals surface area contributed by atoms with E-state index in [9.17, 15) is 8.78 Å². The van der Waals surface area contributed by atoms with Gasteiger partial charge < -0.3 is 0 Å². The number of rotatable bonds is 3. The van der Waals surface area contributed by atoms with E-state index in [4.69, 9.17) is 11.6 Å². The van der Waals surface area contributed by atoms with E-state index >= 15 is 0 Å². The monoisotopic (exact) mass is 314 g/mol. The van der Waals surface area contributed by atoms with Crippen LogP contribution in [0.15, 0.2) is 78.9 Å². The predicted octanol–water partition coefficient (Wildman–Crippen LogP) is 5.50. The van der Waals surface area contributed by atoms with Crippen molar-refractivity contribution in [2.45, 2.75) is 4.87 Å². The van der Waals surface area contributed by atoms with E-state index in [-0.39, 0.29) is 5.82 Å². The van der Waals surface area contributed by atoms with Crippen LogP contribution in [0.3, 0.4) is 0 Å². The van der Waals surface area contributed by atoms with Crippen molar-refractivity contribution >= 4 is 11.6 Å². The Bertz CT molecular complexity index is 769. The second-order valence-corrected chi connectivity index (χ2v) is 5.58. The summed E-state index contributed by atoms with van der Waals surface area (Å²) in [5.74, 6) is -0.755. The standard InChI is InChI=1S/C19H13ClF2/c20-19(14-6-2-1-3-7-14,15-10-12-16(21)13-11-15)17-8-4-5-9-18(17)22/h1-13H/t19-/m0/s1. The predicted molar refractivity (Wildman–Crippen MR) is 85.0 cm³/mol. The Morgan fingerprint density at radius 1 is 0.636 bits per heavy atom. The molecule has 0 nitrogen and oxygen atoms in total. The van der Waals surface area contributed by atoms with Crippen LogP contribution in [0.1, 0.15) is 16.7 Å². The molecule has 0 bridgehead atoms. The van der Waals surface area contributed by atoms with Crippen LogP contribution in [0.25, 0.3) is 0 Å². The number of alkyl halides is 1. The van der Waals surface area contributed by atoms with Crippen molar-refractivity contribution in [1.82, 2.24) is 0 Å². The van der Waals surface area contributed by atoms with Gasteiger partial charge in [0.1, 0.15) is 16.5 Å². The molecule has 3 aromatic rings. The summed E-state index contributed by atoms with van der Waals surface area (Å²) in [5.41, 5.74) is 1.69. The van der Waals surface area contributed by atoms with Gasteiger partial charge in [-0.2, -0.15) is 0 Å². The number of hydrogen-bond donors (Lipinski definition) is 0. The van der Waals surface area contributed by atoms with Crippen molar-refractivity contribution in [2.75, 3.05) is 0 Å². The van der Waals surface area contributed by atoms with Gasteiger partial charge in [0, 0.05) is 5.56 Å². The van der Waals surface area contributed by atoms with Gasteiger partial charge in [0.25, 0.3) is 0 Å². The maximum atomic E-state index is 14.4. The molecule has 0 aliphatic heterocycles. The quantitative estimate of drug-likeness (QED) is 0.442. The third-order valence-corrected chi connectivity index (χ3v) is 4.30. The minimum Gasteiger partial charge on any atom is -0.207 e. The van der Waals surface area contributed by atoms with Gasteiger partial charge in [-0.25, -0.2) is 8.78 Å². The topological polar surface area (TPSA) is 0 Å². The van der Waals surface area contributed by atoms with E-state index in [2.05, 4.69) is 0 Å². The molecule has 0 spiro atoms. The fourth-order valence-corrected chi connectivity index (χ4v) is 2.97. The van der Waals surface area contributed by atoms with Crippen LogP contribution >= 0.6 is 11.6 Å². The molecule has 0 N–H and O–H groups in total. The molecule has 0 amide bonds. The molecular formula is C19H13ClF2. The first kappa shape index (κ1) is 14.7. The van der Waals surface area contributed by atoms with Gasteiger partial charge in [0.05, 0.1) is 0 Å². The summed E-state index contributed by atoms with van der Waals surface area (Å²) >= 11 is 6.91. The summed E-state index contributed by atoms with van der Waals surface area (Å²) in [7, 11) is 0. The molecule has 0 saturated carbocycles. The van der Waals surface area contributed by atoms with Gasteiger partial charge in [-0.05, 0) is 29.3 Å². The van der Waals surface area contributed by atoms with Crippen LogP contribution in [-0.4, -0.2) is 0 Å². The van der Waals surface area contributed by atoms with E-state index in [1.807, 2.05) is 30.3 Å². The van der Waals surface area contributed by atoms with Crippen molar-refractivity contribution in [3.8, 4) is 0 Å². The van der Waals surface area contributed by atoms with Gasteiger partial charge in [-0.3, -0.25) is 0 Å². The molecule has 0 saturated heterocycles. The molecule has 0 radical (unpaired) electrons. The van der Waals surface area contributed by atoms with Gasteiger partial charge in [0.2, 0.25) is 0 Å². The van der Waals surface area contributed by atoms with Crippen molar-refractivity contribution in [3.05, 3.63) is 107 Å². The van der Waals surface area contributed by atoms with Gasteiger partial charge in [0.15, 0.2) is 0 Å². The first-order valence-corrected chi connectivity index (χ1v) is 7.25. The average Bonchev–Trinajstić information content (AvgIpc) is 2.56. The summed E-state index contributed by atoms with van der Waals surface area (Å²) in [5, 5.41) is 0. The number of benzene rings is 3. The van der Waals surface area contributed by atoms with Crippen LogP contribution in [0.5, 0.6) is 0 Å². The first-order chi connectivity index (χ1) is 10.6. The second kappa shape index (κ2) is 5.90. The molecular weight excluding hydrogens is 302 g/mol. The molecule has 0 unspecified atom stereocenters. The zero-order valence-corrected chi connectivity index (χ0v) is 12.4. The molecule has 0 aliphatic carbocycles. The van der Waals surface area contributed by atoms with Crippen LogP contribution in [0.4, 0.5) is 8.78 Å². The van der Waals surface area contributed by atoms with Crippen molar-refractivity contribution < 1.29 is 8.78 Å². The molecule has 0 aliphatic rings. The Kier molecular flexibility index (Phi) is 3.95. The Morgan fingerprint density at radius 2 is 1.18 bits per heavy atom. The summed E-state index contributed by atoms with van der Waals surface area (Å²) in [6.07, 6.45) is 0. The molecule has 110 valence electrons. The van der Waals surface area contributed by atoms with Crippen LogP contribution in [-0.2, 0) is 4.87 Å². The van der Waals surface area contributed by atoms with E-state index in [1.54, 1.807) is 30.3 Å². The molecule has 0 fully saturated rings. The fraction of sp³-hybridized carbons (Fsp3) is 0.0526. The Morgan fingerprint density at radius 3 is 1.82 bits per heavy atom. The molecule has 3 rings (SSSR count). The van der Waals surface area contributed by atoms with Crippen molar-refractivity contribution in [1.29, 1.82) is 0 Å². The minimum atomic E-state index is -1.21. The minimum absolute atomic E-state index is 0.342.